The van der Waals surface area contributed by atoms with Gasteiger partial charge in [-0.05, 0) is 35.8 Å². The molecule has 5 nitrogen and oxygen atoms in total. The third-order valence-corrected chi connectivity index (χ3v) is 5.42. The van der Waals surface area contributed by atoms with Crippen molar-refractivity contribution in [1.82, 2.24) is 15.1 Å². The van der Waals surface area contributed by atoms with Gasteiger partial charge in [-0.1, -0.05) is 38.1 Å². The zero-order chi connectivity index (χ0) is 18.5. The Kier molecular flexibility index (Phi) is 8.38. The van der Waals surface area contributed by atoms with Gasteiger partial charge in [-0.2, -0.15) is 0 Å². The zero-order valence-electron chi connectivity index (χ0n) is 16.8. The largest absolute Gasteiger partial charge is 0.356 e. The molecule has 3 rings (SSSR count). The van der Waals surface area contributed by atoms with Crippen molar-refractivity contribution >= 4 is 35.8 Å². The van der Waals surface area contributed by atoms with E-state index in [1.54, 1.807) is 0 Å². The molecule has 1 aromatic carbocycles. The van der Waals surface area contributed by atoms with E-state index >= 15 is 0 Å². The summed E-state index contributed by atoms with van der Waals surface area (Å²) in [6.45, 7) is 9.05. The van der Waals surface area contributed by atoms with Gasteiger partial charge >= 0.3 is 0 Å². The number of fused-ring (bicyclic) bond motifs is 1. The van der Waals surface area contributed by atoms with Crippen LogP contribution in [0.1, 0.15) is 44.2 Å². The lowest BCUT2D eigenvalue weighted by atomic mass is 9.92. The van der Waals surface area contributed by atoms with Crippen molar-refractivity contribution in [3.63, 3.8) is 0 Å². The second-order valence-corrected chi connectivity index (χ2v) is 7.95. The van der Waals surface area contributed by atoms with Gasteiger partial charge in [-0.25, -0.2) is 0 Å². The van der Waals surface area contributed by atoms with E-state index in [1.165, 1.54) is 17.5 Å². The molecular formula is C21H33IN4O. The molecule has 2 unspecified atom stereocenters. The molecule has 0 aromatic heterocycles. The highest BCUT2D eigenvalue weighted by atomic mass is 127. The maximum absolute atomic E-state index is 12.5. The van der Waals surface area contributed by atoms with Crippen molar-refractivity contribution in [1.29, 1.82) is 0 Å². The van der Waals surface area contributed by atoms with Gasteiger partial charge in [-0.15, -0.1) is 24.0 Å². The predicted molar refractivity (Wildman–Crippen MR) is 121 cm³/mol. The Balaban J connectivity index is 0.00000261. The first-order valence-electron chi connectivity index (χ1n) is 9.87. The van der Waals surface area contributed by atoms with Crippen LogP contribution in [0.4, 0.5) is 0 Å². The van der Waals surface area contributed by atoms with Gasteiger partial charge < -0.3 is 15.1 Å². The van der Waals surface area contributed by atoms with Crippen LogP contribution in [0.3, 0.4) is 0 Å². The van der Waals surface area contributed by atoms with Crippen LogP contribution in [0.2, 0.25) is 0 Å². The summed E-state index contributed by atoms with van der Waals surface area (Å²) in [7, 11) is 1.85. The smallest absolute Gasteiger partial charge is 0.223 e. The highest BCUT2D eigenvalue weighted by molar-refractivity contribution is 14.0. The summed E-state index contributed by atoms with van der Waals surface area (Å²) in [5.41, 5.74) is 2.57. The Hall–Kier alpha value is -1.31. The van der Waals surface area contributed by atoms with Gasteiger partial charge in [0.15, 0.2) is 5.96 Å². The predicted octanol–water partition coefficient (Wildman–Crippen LogP) is 3.48. The third kappa shape index (κ3) is 5.83. The van der Waals surface area contributed by atoms with Gasteiger partial charge in [0.2, 0.25) is 5.91 Å². The molecule has 1 amide bonds. The minimum absolute atomic E-state index is 0. The highest BCUT2D eigenvalue weighted by Gasteiger charge is 2.24. The number of aliphatic imine (C=N–C) groups is 1. The Labute approximate surface area is 180 Å². The maximum Gasteiger partial charge on any atom is 0.223 e. The summed E-state index contributed by atoms with van der Waals surface area (Å²) in [4.78, 5) is 21.2. The minimum Gasteiger partial charge on any atom is -0.356 e. The van der Waals surface area contributed by atoms with Crippen molar-refractivity contribution < 1.29 is 4.79 Å². The number of hydrogen-bond acceptors (Lipinski definition) is 2. The molecule has 0 saturated carbocycles. The number of likely N-dealkylation sites (tertiary alicyclic amines) is 1. The van der Waals surface area contributed by atoms with Crippen LogP contribution < -0.4 is 5.32 Å². The lowest BCUT2D eigenvalue weighted by molar-refractivity contribution is -0.131. The Morgan fingerprint density at radius 1 is 1.11 bits per heavy atom. The molecule has 1 saturated heterocycles. The molecule has 1 aromatic rings. The SMILES string of the molecule is CN=C(NCCCC(=O)N1Cc2ccccc2C1)N1CC(C)CC(C)C1.I. The Morgan fingerprint density at radius 2 is 1.70 bits per heavy atom. The molecule has 1 fully saturated rings. The van der Waals surface area contributed by atoms with E-state index in [0.29, 0.717) is 18.3 Å². The summed E-state index contributed by atoms with van der Waals surface area (Å²) in [6, 6.07) is 8.33. The van der Waals surface area contributed by atoms with Gasteiger partial charge in [0.25, 0.3) is 0 Å². The summed E-state index contributed by atoms with van der Waals surface area (Å²) in [6.07, 6.45) is 2.72. The molecule has 0 spiro atoms. The molecule has 2 atom stereocenters. The van der Waals surface area contributed by atoms with Gasteiger partial charge in [0.05, 0.1) is 0 Å². The molecule has 1 N–H and O–H groups in total. The number of carbonyl (C=O) groups is 1. The topological polar surface area (TPSA) is 47.9 Å². The monoisotopic (exact) mass is 484 g/mol. The van der Waals surface area contributed by atoms with Crippen LogP contribution in [0, 0.1) is 11.8 Å². The van der Waals surface area contributed by atoms with Crippen molar-refractivity contribution in [3.05, 3.63) is 35.4 Å². The number of rotatable bonds is 4. The van der Waals surface area contributed by atoms with Crippen LogP contribution in [-0.4, -0.2) is 48.3 Å². The van der Waals surface area contributed by atoms with Crippen LogP contribution in [0.25, 0.3) is 0 Å². The summed E-state index contributed by atoms with van der Waals surface area (Å²) in [5, 5.41) is 3.45. The molecule has 27 heavy (non-hydrogen) atoms. The average molecular weight is 484 g/mol. The normalized spacial score (nSPS) is 22.3. The van der Waals surface area contributed by atoms with Gasteiger partial charge in [0, 0.05) is 46.2 Å². The van der Waals surface area contributed by atoms with E-state index in [-0.39, 0.29) is 29.9 Å². The van der Waals surface area contributed by atoms with E-state index in [9.17, 15) is 4.79 Å². The van der Waals surface area contributed by atoms with Crippen LogP contribution in [-0.2, 0) is 17.9 Å². The number of nitrogens with zero attached hydrogens (tertiary/aromatic N) is 3. The van der Waals surface area contributed by atoms with Crippen molar-refractivity contribution in [3.8, 4) is 0 Å². The van der Waals surface area contributed by atoms with Gasteiger partial charge in [0.1, 0.15) is 0 Å². The molecule has 150 valence electrons. The molecule has 2 aliphatic heterocycles. The first-order valence-corrected chi connectivity index (χ1v) is 9.87. The Morgan fingerprint density at radius 3 is 2.26 bits per heavy atom. The summed E-state index contributed by atoms with van der Waals surface area (Å²) >= 11 is 0. The summed E-state index contributed by atoms with van der Waals surface area (Å²) < 4.78 is 0. The van der Waals surface area contributed by atoms with Crippen LogP contribution >= 0.6 is 24.0 Å². The number of guanidine groups is 1. The van der Waals surface area contributed by atoms with Gasteiger partial charge in [-0.3, -0.25) is 9.79 Å². The summed E-state index contributed by atoms with van der Waals surface area (Å²) in [5.74, 6) is 2.63. The standard InChI is InChI=1S/C21H32N4O.HI/c1-16-11-17(2)13-25(12-16)21(22-3)23-10-6-9-20(26)24-14-18-7-4-5-8-19(18)15-24;/h4-5,7-8,16-17H,6,9-15H2,1-3H3,(H,22,23);1H. The number of carbonyl (C=O) groups excluding carboxylic acids is 1. The third-order valence-electron chi connectivity index (χ3n) is 5.42. The zero-order valence-corrected chi connectivity index (χ0v) is 19.1. The molecule has 0 aliphatic carbocycles. The first kappa shape index (κ1) is 22.0. The lowest BCUT2D eigenvalue weighted by Gasteiger charge is -2.37. The molecule has 2 aliphatic rings. The first-order chi connectivity index (χ1) is 12.6. The minimum atomic E-state index is 0. The van der Waals surface area contributed by atoms with E-state index in [1.807, 2.05) is 24.1 Å². The van der Waals surface area contributed by atoms with Crippen molar-refractivity contribution in [2.45, 2.75) is 46.2 Å². The number of halogens is 1. The quantitative estimate of drug-likeness (QED) is 0.308. The molecule has 2 heterocycles. The number of piperidine rings is 1. The second-order valence-electron chi connectivity index (χ2n) is 7.95. The fourth-order valence-electron chi connectivity index (χ4n) is 4.28. The number of benzene rings is 1. The fourth-order valence-corrected chi connectivity index (χ4v) is 4.28. The maximum atomic E-state index is 12.5. The van der Waals surface area contributed by atoms with Crippen LogP contribution in [0.5, 0.6) is 0 Å². The van der Waals surface area contributed by atoms with Crippen LogP contribution in [0.15, 0.2) is 29.3 Å². The molecule has 0 radical (unpaired) electrons. The van der Waals surface area contributed by atoms with E-state index in [2.05, 4.69) is 41.2 Å². The average Bonchev–Trinajstić information content (AvgIpc) is 3.05. The van der Waals surface area contributed by atoms with E-state index < -0.39 is 0 Å². The number of nitrogens with one attached hydrogen (secondary N) is 1. The lowest BCUT2D eigenvalue weighted by Crippen LogP contribution is -2.48. The molecular weight excluding hydrogens is 451 g/mol. The molecule has 0 bridgehead atoms. The van der Waals surface area contributed by atoms with E-state index in [0.717, 1.165) is 45.1 Å². The van der Waals surface area contributed by atoms with Crippen molar-refractivity contribution in [2.24, 2.45) is 16.8 Å². The highest BCUT2D eigenvalue weighted by Crippen LogP contribution is 2.23. The second kappa shape index (κ2) is 10.3. The number of amides is 1. The number of hydrogen-bond donors (Lipinski definition) is 1. The van der Waals surface area contributed by atoms with Crippen molar-refractivity contribution in [2.75, 3.05) is 26.7 Å². The molecule has 6 heteroatoms. The fraction of sp³-hybridized carbons (Fsp3) is 0.619. The van der Waals surface area contributed by atoms with E-state index in [4.69, 9.17) is 0 Å². The Bertz CT molecular complexity index is 628.